The number of hydrogen-bond acceptors (Lipinski definition) is 7. The predicted octanol–water partition coefficient (Wildman–Crippen LogP) is 2.97. The van der Waals surface area contributed by atoms with Gasteiger partial charge < -0.3 is 25.7 Å². The minimum Gasteiger partial charge on any atom is -0.465 e. The smallest absolute Gasteiger partial charge is 0.407 e. The van der Waals surface area contributed by atoms with Crippen molar-refractivity contribution in [3.05, 3.63) is 34.7 Å². The number of fused-ring (bicyclic) bond motifs is 2. The Morgan fingerprint density at radius 1 is 1.20 bits per heavy atom. The van der Waals surface area contributed by atoms with Crippen molar-refractivity contribution in [2.75, 3.05) is 31.6 Å². The number of anilines is 1. The quantitative estimate of drug-likeness (QED) is 0.415. The van der Waals surface area contributed by atoms with Gasteiger partial charge in [0.15, 0.2) is 0 Å². The average Bonchev–Trinajstić information content (AvgIpc) is 3.30. The number of nitrogens with zero attached hydrogens (tertiary/aromatic N) is 2. The van der Waals surface area contributed by atoms with Crippen molar-refractivity contribution >= 4 is 49.9 Å². The van der Waals surface area contributed by atoms with Gasteiger partial charge >= 0.3 is 6.09 Å². The first kappa shape index (κ1) is 20.7. The first-order chi connectivity index (χ1) is 14.6. The van der Waals surface area contributed by atoms with Crippen LogP contribution in [0.5, 0.6) is 0 Å². The van der Waals surface area contributed by atoms with Crippen LogP contribution in [0, 0.1) is 0 Å². The van der Waals surface area contributed by atoms with Gasteiger partial charge in [-0.2, -0.15) is 0 Å². The summed E-state index contributed by atoms with van der Waals surface area (Å²) in [6.45, 7) is 1.70. The zero-order valence-corrected chi connectivity index (χ0v) is 17.8. The van der Waals surface area contributed by atoms with Gasteiger partial charge in [-0.1, -0.05) is 12.1 Å². The van der Waals surface area contributed by atoms with E-state index in [4.69, 9.17) is 10.1 Å². The molecule has 0 bridgehead atoms. The molecular formula is C20H22N4O4S2. The summed E-state index contributed by atoms with van der Waals surface area (Å²) in [6.07, 6.45) is -0.0587. The molecule has 1 aliphatic rings. The van der Waals surface area contributed by atoms with Crippen LogP contribution in [0.1, 0.15) is 16.9 Å². The molecule has 0 spiro atoms. The molecule has 10 heteroatoms. The molecule has 0 atom stereocenters. The molecule has 1 aliphatic heterocycles. The third-order valence-corrected chi connectivity index (χ3v) is 7.09. The van der Waals surface area contributed by atoms with Crippen LogP contribution < -0.4 is 10.6 Å². The molecule has 4 N–H and O–H groups in total. The fourth-order valence-electron chi connectivity index (χ4n) is 3.46. The van der Waals surface area contributed by atoms with Gasteiger partial charge in [0.05, 0.1) is 23.4 Å². The van der Waals surface area contributed by atoms with Gasteiger partial charge in [-0.25, -0.2) is 9.78 Å². The summed E-state index contributed by atoms with van der Waals surface area (Å²) in [7, 11) is 0. The number of aliphatic hydroxyl groups is 1. The van der Waals surface area contributed by atoms with Crippen LogP contribution in [0.2, 0.25) is 0 Å². The Bertz CT molecular complexity index is 1050. The molecule has 2 aromatic heterocycles. The SMILES string of the molecule is O=C(CCNCCO)Nc1sc2c(c1-c1nc3ccccc3s1)CCN(C(=O)O)C2. The molecule has 158 valence electrons. The summed E-state index contributed by atoms with van der Waals surface area (Å²) in [4.78, 5) is 31.0. The Morgan fingerprint density at radius 3 is 2.80 bits per heavy atom. The van der Waals surface area contributed by atoms with E-state index in [9.17, 15) is 14.7 Å². The van der Waals surface area contributed by atoms with E-state index >= 15 is 0 Å². The number of aromatic nitrogens is 1. The van der Waals surface area contributed by atoms with Gasteiger partial charge in [0.25, 0.3) is 0 Å². The number of thiazole rings is 1. The van der Waals surface area contributed by atoms with Crippen LogP contribution in [-0.4, -0.2) is 58.3 Å². The lowest BCUT2D eigenvalue weighted by atomic mass is 10.0. The molecule has 3 heterocycles. The van der Waals surface area contributed by atoms with Crippen molar-refractivity contribution in [2.45, 2.75) is 19.4 Å². The van der Waals surface area contributed by atoms with E-state index in [1.54, 1.807) is 11.3 Å². The second-order valence-corrected chi connectivity index (χ2v) is 9.06. The summed E-state index contributed by atoms with van der Waals surface area (Å²) in [5, 5.41) is 25.8. The van der Waals surface area contributed by atoms with E-state index in [0.29, 0.717) is 32.6 Å². The van der Waals surface area contributed by atoms with E-state index in [2.05, 4.69) is 10.6 Å². The molecular weight excluding hydrogens is 424 g/mol. The Balaban J connectivity index is 1.66. The van der Waals surface area contributed by atoms with E-state index in [1.165, 1.54) is 16.2 Å². The van der Waals surface area contributed by atoms with Crippen LogP contribution in [0.3, 0.4) is 0 Å². The maximum Gasteiger partial charge on any atom is 0.407 e. The normalized spacial score (nSPS) is 13.4. The van der Waals surface area contributed by atoms with E-state index in [1.807, 2.05) is 24.3 Å². The van der Waals surface area contributed by atoms with Crippen LogP contribution in [0.15, 0.2) is 24.3 Å². The van der Waals surface area contributed by atoms with Gasteiger partial charge in [0.2, 0.25) is 5.91 Å². The highest BCUT2D eigenvalue weighted by molar-refractivity contribution is 7.22. The highest BCUT2D eigenvalue weighted by atomic mass is 32.1. The minimum absolute atomic E-state index is 0.0289. The number of nitrogens with one attached hydrogen (secondary N) is 2. The fourth-order valence-corrected chi connectivity index (χ4v) is 5.85. The molecule has 30 heavy (non-hydrogen) atoms. The van der Waals surface area contributed by atoms with Gasteiger partial charge in [-0.15, -0.1) is 22.7 Å². The molecule has 4 rings (SSSR count). The summed E-state index contributed by atoms with van der Waals surface area (Å²) in [5.74, 6) is -0.128. The molecule has 0 unspecified atom stereocenters. The lowest BCUT2D eigenvalue weighted by Gasteiger charge is -2.24. The van der Waals surface area contributed by atoms with Crippen LogP contribution in [0.25, 0.3) is 20.8 Å². The van der Waals surface area contributed by atoms with Crippen molar-refractivity contribution in [3.8, 4) is 10.6 Å². The van der Waals surface area contributed by atoms with Crippen molar-refractivity contribution in [2.24, 2.45) is 0 Å². The largest absolute Gasteiger partial charge is 0.465 e. The topological polar surface area (TPSA) is 115 Å². The number of aliphatic hydroxyl groups excluding tert-OH is 1. The number of benzene rings is 1. The Hall–Kier alpha value is -2.53. The molecule has 1 aromatic carbocycles. The third kappa shape index (κ3) is 4.31. The van der Waals surface area contributed by atoms with Gasteiger partial charge in [0, 0.05) is 36.5 Å². The van der Waals surface area contributed by atoms with Crippen LogP contribution in [0.4, 0.5) is 9.80 Å². The highest BCUT2D eigenvalue weighted by Gasteiger charge is 2.29. The molecule has 0 aliphatic carbocycles. The number of carbonyl (C=O) groups excluding carboxylic acids is 1. The maximum atomic E-state index is 12.5. The molecule has 0 fully saturated rings. The standard InChI is InChI=1S/C20H22N4O4S2/c25-10-8-21-7-5-16(26)23-19-17(18-22-13-3-1-2-4-14(13)29-18)12-6-9-24(20(27)28)11-15(12)30-19/h1-4,21,25H,5-11H2,(H,23,26)(H,27,28). The number of carboxylic acid groups (broad SMARTS) is 1. The molecule has 0 saturated carbocycles. The van der Waals surface area contributed by atoms with Crippen LogP contribution >= 0.6 is 22.7 Å². The summed E-state index contributed by atoms with van der Waals surface area (Å²) >= 11 is 3.00. The Morgan fingerprint density at radius 2 is 2.03 bits per heavy atom. The summed E-state index contributed by atoms with van der Waals surface area (Å²) in [5.41, 5.74) is 2.90. The number of thiophene rings is 1. The molecule has 8 nitrogen and oxygen atoms in total. The Kier molecular flexibility index (Phi) is 6.28. The lowest BCUT2D eigenvalue weighted by Crippen LogP contribution is -2.34. The number of carbonyl (C=O) groups is 2. The summed E-state index contributed by atoms with van der Waals surface area (Å²) in [6, 6.07) is 7.90. The lowest BCUT2D eigenvalue weighted by molar-refractivity contribution is -0.116. The zero-order chi connectivity index (χ0) is 21.1. The molecule has 0 radical (unpaired) electrons. The van der Waals surface area contributed by atoms with Crippen molar-refractivity contribution in [3.63, 3.8) is 0 Å². The molecule has 3 aromatic rings. The first-order valence-corrected chi connectivity index (χ1v) is 11.3. The molecule has 2 amide bonds. The number of rotatable bonds is 7. The van der Waals surface area contributed by atoms with Crippen molar-refractivity contribution in [1.82, 2.24) is 15.2 Å². The summed E-state index contributed by atoms with van der Waals surface area (Å²) < 4.78 is 1.07. The third-order valence-electron chi connectivity index (χ3n) is 4.91. The second kappa shape index (κ2) is 9.09. The minimum atomic E-state index is -0.934. The average molecular weight is 447 g/mol. The van der Waals surface area contributed by atoms with E-state index in [0.717, 1.165) is 36.2 Å². The molecule has 0 saturated heterocycles. The van der Waals surface area contributed by atoms with E-state index in [-0.39, 0.29) is 18.9 Å². The van der Waals surface area contributed by atoms with Crippen molar-refractivity contribution in [1.29, 1.82) is 0 Å². The maximum absolute atomic E-state index is 12.5. The highest BCUT2D eigenvalue weighted by Crippen LogP contribution is 2.45. The van der Waals surface area contributed by atoms with Crippen molar-refractivity contribution < 1.29 is 19.8 Å². The number of para-hydroxylation sites is 1. The van der Waals surface area contributed by atoms with E-state index < -0.39 is 6.09 Å². The monoisotopic (exact) mass is 446 g/mol. The van der Waals surface area contributed by atoms with Gasteiger partial charge in [-0.05, 0) is 24.1 Å². The number of amides is 2. The zero-order valence-electron chi connectivity index (χ0n) is 16.2. The fraction of sp³-hybridized carbons (Fsp3) is 0.350. The Labute approximate surface area is 181 Å². The van der Waals surface area contributed by atoms with Gasteiger partial charge in [-0.3, -0.25) is 4.79 Å². The van der Waals surface area contributed by atoms with Crippen LogP contribution in [-0.2, 0) is 17.8 Å². The first-order valence-electron chi connectivity index (χ1n) is 9.66. The second-order valence-electron chi connectivity index (χ2n) is 6.92. The van der Waals surface area contributed by atoms with Gasteiger partial charge in [0.1, 0.15) is 10.0 Å². The number of hydrogen-bond donors (Lipinski definition) is 4. The predicted molar refractivity (Wildman–Crippen MR) is 118 cm³/mol.